The van der Waals surface area contributed by atoms with Crippen molar-refractivity contribution >= 4 is 0 Å². The van der Waals surface area contributed by atoms with E-state index in [9.17, 15) is 0 Å². The van der Waals surface area contributed by atoms with Crippen molar-refractivity contribution in [2.75, 3.05) is 0 Å². The fourth-order valence-electron chi connectivity index (χ4n) is 1.46. The SMILES string of the molecule is C=CC1(n2cncn2)C=CC=CC1. The third-order valence-electron chi connectivity index (χ3n) is 2.28. The summed E-state index contributed by atoms with van der Waals surface area (Å²) in [4.78, 5) is 3.94. The van der Waals surface area contributed by atoms with Crippen molar-refractivity contribution in [3.05, 3.63) is 49.6 Å². The molecule has 1 aliphatic rings. The second-order valence-corrected chi connectivity index (χ2v) is 3.03. The molecule has 1 heterocycles. The topological polar surface area (TPSA) is 30.7 Å². The molecule has 0 aliphatic heterocycles. The van der Waals surface area contributed by atoms with Gasteiger partial charge in [0.15, 0.2) is 0 Å². The molecule has 1 aromatic rings. The van der Waals surface area contributed by atoms with Crippen molar-refractivity contribution in [1.29, 1.82) is 0 Å². The molecule has 2 rings (SSSR count). The summed E-state index contributed by atoms with van der Waals surface area (Å²) in [5, 5.41) is 4.13. The molecular weight excluding hydrogens is 162 g/mol. The Hall–Kier alpha value is -1.64. The van der Waals surface area contributed by atoms with Gasteiger partial charge in [-0.05, 0) is 6.42 Å². The molecule has 66 valence electrons. The summed E-state index contributed by atoms with van der Waals surface area (Å²) in [5.74, 6) is 0. The molecule has 13 heavy (non-hydrogen) atoms. The van der Waals surface area contributed by atoms with Gasteiger partial charge in [-0.1, -0.05) is 30.4 Å². The first-order chi connectivity index (χ1) is 6.37. The Kier molecular flexibility index (Phi) is 1.85. The van der Waals surface area contributed by atoms with Crippen LogP contribution < -0.4 is 0 Å². The van der Waals surface area contributed by atoms with Crippen molar-refractivity contribution in [2.24, 2.45) is 0 Å². The largest absolute Gasteiger partial charge is 0.239 e. The third kappa shape index (κ3) is 1.22. The average Bonchev–Trinajstić information content (AvgIpc) is 2.72. The maximum absolute atomic E-state index is 4.13. The zero-order valence-corrected chi connectivity index (χ0v) is 7.30. The smallest absolute Gasteiger partial charge is 0.137 e. The van der Waals surface area contributed by atoms with Crippen molar-refractivity contribution in [3.63, 3.8) is 0 Å². The molecule has 1 aliphatic carbocycles. The molecule has 0 N–H and O–H groups in total. The minimum Gasteiger partial charge on any atom is -0.239 e. The van der Waals surface area contributed by atoms with Crippen LogP contribution in [0.2, 0.25) is 0 Å². The monoisotopic (exact) mass is 173 g/mol. The van der Waals surface area contributed by atoms with Crippen molar-refractivity contribution in [2.45, 2.75) is 12.0 Å². The first-order valence-electron chi connectivity index (χ1n) is 4.20. The van der Waals surface area contributed by atoms with E-state index < -0.39 is 0 Å². The summed E-state index contributed by atoms with van der Waals surface area (Å²) < 4.78 is 1.82. The molecule has 0 saturated heterocycles. The van der Waals surface area contributed by atoms with E-state index in [2.05, 4.69) is 28.8 Å². The van der Waals surface area contributed by atoms with Crippen LogP contribution in [-0.2, 0) is 5.54 Å². The van der Waals surface area contributed by atoms with Gasteiger partial charge in [0.1, 0.15) is 18.2 Å². The first-order valence-corrected chi connectivity index (χ1v) is 4.20. The number of hydrogen-bond donors (Lipinski definition) is 0. The number of hydrogen-bond acceptors (Lipinski definition) is 2. The van der Waals surface area contributed by atoms with Crippen LogP contribution in [0.25, 0.3) is 0 Å². The van der Waals surface area contributed by atoms with Gasteiger partial charge in [-0.2, -0.15) is 5.10 Å². The fourth-order valence-corrected chi connectivity index (χ4v) is 1.46. The van der Waals surface area contributed by atoms with Crippen LogP contribution in [0.3, 0.4) is 0 Å². The lowest BCUT2D eigenvalue weighted by molar-refractivity contribution is 0.419. The van der Waals surface area contributed by atoms with E-state index in [-0.39, 0.29) is 5.54 Å². The van der Waals surface area contributed by atoms with E-state index in [0.29, 0.717) is 0 Å². The molecule has 1 aromatic heterocycles. The Morgan fingerprint density at radius 1 is 1.46 bits per heavy atom. The molecule has 0 radical (unpaired) electrons. The highest BCUT2D eigenvalue weighted by atomic mass is 15.3. The Bertz CT molecular complexity index is 348. The standard InChI is InChI=1S/C10H11N3/c1-2-10(6-4-3-5-7-10)13-9-11-8-12-13/h2-6,8-9H,1,7H2. The van der Waals surface area contributed by atoms with Gasteiger partial charge < -0.3 is 0 Å². The zero-order chi connectivity index (χ0) is 9.15. The first kappa shape index (κ1) is 7.98. The van der Waals surface area contributed by atoms with Gasteiger partial charge >= 0.3 is 0 Å². The highest BCUT2D eigenvalue weighted by Gasteiger charge is 2.25. The molecule has 1 atom stereocenters. The van der Waals surface area contributed by atoms with Crippen molar-refractivity contribution in [1.82, 2.24) is 14.8 Å². The van der Waals surface area contributed by atoms with E-state index in [4.69, 9.17) is 0 Å². The van der Waals surface area contributed by atoms with E-state index in [1.807, 2.05) is 22.9 Å². The van der Waals surface area contributed by atoms with E-state index in [0.717, 1.165) is 6.42 Å². The van der Waals surface area contributed by atoms with Crippen LogP contribution in [0, 0.1) is 0 Å². The zero-order valence-electron chi connectivity index (χ0n) is 7.30. The molecule has 3 heteroatoms. The lowest BCUT2D eigenvalue weighted by atomic mass is 9.92. The van der Waals surface area contributed by atoms with Gasteiger partial charge in [0.05, 0.1) is 0 Å². The maximum Gasteiger partial charge on any atom is 0.137 e. The Morgan fingerprint density at radius 2 is 2.38 bits per heavy atom. The summed E-state index contributed by atoms with van der Waals surface area (Å²) >= 11 is 0. The number of rotatable bonds is 2. The van der Waals surface area contributed by atoms with E-state index >= 15 is 0 Å². The third-order valence-corrected chi connectivity index (χ3v) is 2.28. The van der Waals surface area contributed by atoms with Gasteiger partial charge in [0.2, 0.25) is 0 Å². The second-order valence-electron chi connectivity index (χ2n) is 3.03. The van der Waals surface area contributed by atoms with Crippen molar-refractivity contribution in [3.8, 4) is 0 Å². The molecular formula is C10H11N3. The van der Waals surface area contributed by atoms with Crippen LogP contribution in [0.4, 0.5) is 0 Å². The summed E-state index contributed by atoms with van der Waals surface area (Å²) in [7, 11) is 0. The molecule has 0 spiro atoms. The molecule has 1 unspecified atom stereocenters. The number of nitrogens with zero attached hydrogens (tertiary/aromatic N) is 3. The summed E-state index contributed by atoms with van der Waals surface area (Å²) in [6.07, 6.45) is 14.2. The molecule has 3 nitrogen and oxygen atoms in total. The van der Waals surface area contributed by atoms with Crippen LogP contribution >= 0.6 is 0 Å². The molecule has 0 bridgehead atoms. The van der Waals surface area contributed by atoms with Gasteiger partial charge in [-0.25, -0.2) is 9.67 Å². The number of allylic oxidation sites excluding steroid dienone is 5. The van der Waals surface area contributed by atoms with Gasteiger partial charge in [0.25, 0.3) is 0 Å². The normalized spacial score (nSPS) is 26.2. The molecule has 0 amide bonds. The van der Waals surface area contributed by atoms with Gasteiger partial charge in [0, 0.05) is 0 Å². The quantitative estimate of drug-likeness (QED) is 0.637. The Labute approximate surface area is 77.1 Å². The summed E-state index contributed by atoms with van der Waals surface area (Å²) in [5.41, 5.74) is -0.217. The Morgan fingerprint density at radius 3 is 2.92 bits per heavy atom. The van der Waals surface area contributed by atoms with Crippen LogP contribution in [-0.4, -0.2) is 14.8 Å². The van der Waals surface area contributed by atoms with Crippen LogP contribution in [0.5, 0.6) is 0 Å². The predicted molar refractivity (Wildman–Crippen MR) is 51.1 cm³/mol. The Balaban J connectivity index is 2.42. The van der Waals surface area contributed by atoms with Gasteiger partial charge in [-0.15, -0.1) is 6.58 Å². The lowest BCUT2D eigenvalue weighted by Crippen LogP contribution is -2.29. The highest BCUT2D eigenvalue weighted by Crippen LogP contribution is 2.26. The fraction of sp³-hybridized carbons (Fsp3) is 0.200. The van der Waals surface area contributed by atoms with Crippen molar-refractivity contribution < 1.29 is 0 Å². The van der Waals surface area contributed by atoms with Crippen LogP contribution in [0.15, 0.2) is 49.6 Å². The predicted octanol–water partition coefficient (Wildman–Crippen LogP) is 1.68. The summed E-state index contributed by atoms with van der Waals surface area (Å²) in [6.45, 7) is 3.84. The second kappa shape index (κ2) is 3.01. The molecule has 0 saturated carbocycles. The van der Waals surface area contributed by atoms with E-state index in [1.165, 1.54) is 6.33 Å². The van der Waals surface area contributed by atoms with Crippen LogP contribution in [0.1, 0.15) is 6.42 Å². The maximum atomic E-state index is 4.13. The minimum absolute atomic E-state index is 0.217. The minimum atomic E-state index is -0.217. The van der Waals surface area contributed by atoms with E-state index in [1.54, 1.807) is 6.33 Å². The average molecular weight is 173 g/mol. The molecule has 0 fully saturated rings. The number of aromatic nitrogens is 3. The molecule has 0 aromatic carbocycles. The highest BCUT2D eigenvalue weighted by molar-refractivity contribution is 5.24. The lowest BCUT2D eigenvalue weighted by Gasteiger charge is -2.27. The van der Waals surface area contributed by atoms with Gasteiger partial charge in [-0.3, -0.25) is 0 Å². The summed E-state index contributed by atoms with van der Waals surface area (Å²) in [6, 6.07) is 0.